The first kappa shape index (κ1) is 31.5. The van der Waals surface area contributed by atoms with Gasteiger partial charge in [-0.1, -0.05) is 157 Å². The highest BCUT2D eigenvalue weighted by Gasteiger charge is 2.87. The van der Waals surface area contributed by atoms with Gasteiger partial charge >= 0.3 is 0 Å². The second-order valence-electron chi connectivity index (χ2n) is 20.6. The molecule has 3 fully saturated rings. The molecule has 292 valence electrons. The number of fused-ring (bicyclic) bond motifs is 26. The molecule has 0 N–H and O–H groups in total. The van der Waals surface area contributed by atoms with Crippen LogP contribution in [0.2, 0.25) is 0 Å². The third-order valence-corrected chi connectivity index (χ3v) is 18.8. The predicted molar refractivity (Wildman–Crippen MR) is 266 cm³/mol. The Labute approximate surface area is 367 Å². The summed E-state index contributed by atoms with van der Waals surface area (Å²) in [5.41, 5.74) is 20.7. The van der Waals surface area contributed by atoms with Gasteiger partial charge in [-0.15, -0.1) is 0 Å². The van der Waals surface area contributed by atoms with Crippen molar-refractivity contribution in [1.29, 1.82) is 0 Å². The molecule has 0 radical (unpaired) electrons. The third kappa shape index (κ3) is 2.88. The Hall–Kier alpha value is -7.36. The molecule has 2 nitrogen and oxygen atoms in total. The summed E-state index contributed by atoms with van der Waals surface area (Å²) in [6, 6.07) is 63.9. The molecule has 0 saturated heterocycles. The van der Waals surface area contributed by atoms with Gasteiger partial charge in [-0.2, -0.15) is 0 Å². The molecule has 0 amide bonds. The first-order chi connectivity index (χ1) is 31.8. The summed E-state index contributed by atoms with van der Waals surface area (Å²) in [7, 11) is 0. The molecule has 2 aromatic heterocycles. The summed E-state index contributed by atoms with van der Waals surface area (Å²) in [6.45, 7) is 0.0384. The number of benzene rings is 10. The first-order valence-electron chi connectivity index (χ1n) is 23.6. The number of aromatic nitrogens is 2. The highest BCUT2D eigenvalue weighted by molar-refractivity contribution is 7.00. The Bertz CT molecular complexity index is 4430. The van der Waals surface area contributed by atoms with E-state index in [1.165, 1.54) is 138 Å². The lowest BCUT2D eigenvalue weighted by Crippen LogP contribution is -2.83. The minimum Gasteiger partial charge on any atom is -0.310 e. The van der Waals surface area contributed by atoms with E-state index in [2.05, 4.69) is 179 Å². The Morgan fingerprint density at radius 3 is 1.69 bits per heavy atom. The fraction of sp³-hybridized carbons (Fsp3) is 0.115. The number of hydrogen-bond donors (Lipinski definition) is 0. The quantitative estimate of drug-likeness (QED) is 0.107. The molecule has 2 aliphatic heterocycles. The fourth-order valence-electron chi connectivity index (χ4n) is 16.8. The molecule has 0 bridgehead atoms. The Morgan fingerprint density at radius 2 is 1.06 bits per heavy atom. The minimum absolute atomic E-state index is 0.0384. The van der Waals surface area contributed by atoms with Crippen LogP contribution in [-0.4, -0.2) is 15.8 Å². The summed E-state index contributed by atoms with van der Waals surface area (Å²) < 4.78 is 5.57. The molecule has 5 aliphatic carbocycles. The van der Waals surface area contributed by atoms with Crippen molar-refractivity contribution in [3.05, 3.63) is 187 Å². The first-order valence-corrected chi connectivity index (χ1v) is 23.6. The molecule has 12 aromatic rings. The van der Waals surface area contributed by atoms with E-state index in [1.807, 2.05) is 0 Å². The van der Waals surface area contributed by atoms with Crippen molar-refractivity contribution < 1.29 is 0 Å². The van der Waals surface area contributed by atoms with Crippen LogP contribution in [0, 0.1) is 23.2 Å². The second kappa shape index (κ2) is 9.74. The lowest BCUT2D eigenvalue weighted by atomic mass is 9.15. The fourth-order valence-corrected chi connectivity index (χ4v) is 16.8. The Morgan fingerprint density at radius 1 is 0.500 bits per heavy atom. The van der Waals surface area contributed by atoms with Crippen molar-refractivity contribution in [2.75, 3.05) is 0 Å². The summed E-state index contributed by atoms with van der Waals surface area (Å²) in [5, 5.41) is 16.1. The molecule has 3 saturated carbocycles. The van der Waals surface area contributed by atoms with Crippen LogP contribution in [0.3, 0.4) is 0 Å². The number of rotatable bonds is 0. The van der Waals surface area contributed by atoms with Crippen LogP contribution in [0.4, 0.5) is 0 Å². The van der Waals surface area contributed by atoms with Crippen LogP contribution in [0.5, 0.6) is 0 Å². The lowest BCUT2D eigenvalue weighted by Gasteiger charge is -2.87. The Balaban J connectivity index is 1.11. The maximum Gasteiger partial charge on any atom is 0.252 e. The van der Waals surface area contributed by atoms with Crippen LogP contribution < -0.4 is 16.4 Å². The number of hydrogen-bond acceptors (Lipinski definition) is 0. The zero-order chi connectivity index (χ0) is 40.7. The second-order valence-corrected chi connectivity index (χ2v) is 20.6. The van der Waals surface area contributed by atoms with Crippen molar-refractivity contribution in [1.82, 2.24) is 9.13 Å². The normalized spacial score (nSPS) is 24.2. The maximum atomic E-state index is 2.84. The van der Waals surface area contributed by atoms with Gasteiger partial charge < -0.3 is 9.13 Å². The zero-order valence-corrected chi connectivity index (χ0v) is 34.8. The highest BCUT2D eigenvalue weighted by atomic mass is 15.1. The largest absolute Gasteiger partial charge is 0.310 e. The van der Waals surface area contributed by atoms with Crippen LogP contribution in [0.25, 0.3) is 109 Å². The molecule has 7 aliphatic rings. The molecule has 2 spiro atoms. The number of nitrogens with zero attached hydrogens (tertiary/aromatic N) is 2. The van der Waals surface area contributed by atoms with Gasteiger partial charge in [0, 0.05) is 43.7 Å². The topological polar surface area (TPSA) is 9.86 Å². The summed E-state index contributed by atoms with van der Waals surface area (Å²) in [6.07, 6.45) is 5.51. The minimum atomic E-state index is -0.101. The molecule has 5 atom stereocenters. The van der Waals surface area contributed by atoms with Crippen LogP contribution in [0.15, 0.2) is 175 Å². The standard InChI is InChI=1S/C61H35BN2/c1-5-15-37-31(11-1)21-23-46-51(37)53-39-17-7-3-13-33(39)25-44-57(53)63(46)48-30-42-41-19-9-10-20-43(41)61(49-28-35-27-36-29-50(61)60(35,36)49)55(42)59-56(48)62(44)45-26-34-14-4-8-18-40(34)54-52-38-16-6-2-12-32(38)22-24-47(52)64(59)58(45)54/h1-26,28,30,35-36,50H,27,29H2. The summed E-state index contributed by atoms with van der Waals surface area (Å²) in [4.78, 5) is 0. The highest BCUT2D eigenvalue weighted by Crippen LogP contribution is 2.92. The monoisotopic (exact) mass is 806 g/mol. The summed E-state index contributed by atoms with van der Waals surface area (Å²) >= 11 is 0. The van der Waals surface area contributed by atoms with E-state index in [0.717, 1.165) is 11.8 Å². The smallest absolute Gasteiger partial charge is 0.252 e. The molecule has 4 heterocycles. The summed E-state index contributed by atoms with van der Waals surface area (Å²) in [5.74, 6) is 2.31. The van der Waals surface area contributed by atoms with Gasteiger partial charge in [0.15, 0.2) is 0 Å². The lowest BCUT2D eigenvalue weighted by molar-refractivity contribution is -0.255. The van der Waals surface area contributed by atoms with E-state index < -0.39 is 0 Å². The average Bonchev–Trinajstić information content (AvgIpc) is 3.96. The van der Waals surface area contributed by atoms with E-state index in [4.69, 9.17) is 0 Å². The Kier molecular flexibility index (Phi) is 4.79. The van der Waals surface area contributed by atoms with Gasteiger partial charge in [0.25, 0.3) is 6.71 Å². The third-order valence-electron chi connectivity index (χ3n) is 18.8. The van der Waals surface area contributed by atoms with Crippen molar-refractivity contribution >= 4 is 110 Å². The van der Waals surface area contributed by atoms with Gasteiger partial charge in [0.2, 0.25) is 0 Å². The van der Waals surface area contributed by atoms with E-state index in [1.54, 1.807) is 16.7 Å². The van der Waals surface area contributed by atoms with Crippen molar-refractivity contribution in [3.63, 3.8) is 0 Å². The molecular formula is C61H35BN2. The van der Waals surface area contributed by atoms with Crippen molar-refractivity contribution in [2.45, 2.75) is 18.3 Å². The van der Waals surface area contributed by atoms with E-state index in [9.17, 15) is 0 Å². The molecule has 19 rings (SSSR count). The SMILES string of the molecule is C1=C2C3(c4ccccc4-c4cc5c6c(c43)-n3c4ccc7ccccc7c4c4c7ccccc7cc(c43)B6c3cc4ccccc4c4c6c7ccccc7ccc6n-5c34)C3CC4CC1C243. The number of allylic oxidation sites excluding steroid dienone is 2. The molecule has 3 heteroatoms. The van der Waals surface area contributed by atoms with E-state index >= 15 is 0 Å². The van der Waals surface area contributed by atoms with E-state index in [-0.39, 0.29) is 12.1 Å². The van der Waals surface area contributed by atoms with Crippen LogP contribution in [-0.2, 0) is 5.41 Å². The van der Waals surface area contributed by atoms with Gasteiger partial charge in [0.1, 0.15) is 0 Å². The average molecular weight is 807 g/mol. The van der Waals surface area contributed by atoms with Gasteiger partial charge in [-0.05, 0) is 131 Å². The van der Waals surface area contributed by atoms with Gasteiger partial charge in [-0.25, -0.2) is 0 Å². The maximum absolute atomic E-state index is 2.84. The molecule has 5 unspecified atom stereocenters. The van der Waals surface area contributed by atoms with Crippen molar-refractivity contribution in [3.8, 4) is 22.5 Å². The van der Waals surface area contributed by atoms with Crippen LogP contribution >= 0.6 is 0 Å². The van der Waals surface area contributed by atoms with E-state index in [0.29, 0.717) is 11.3 Å². The van der Waals surface area contributed by atoms with Gasteiger partial charge in [0.05, 0.1) is 22.1 Å². The van der Waals surface area contributed by atoms with Crippen molar-refractivity contribution in [2.24, 2.45) is 23.2 Å². The molecular weight excluding hydrogens is 771 g/mol. The van der Waals surface area contributed by atoms with Crippen LogP contribution in [0.1, 0.15) is 24.0 Å². The predicted octanol–water partition coefficient (Wildman–Crippen LogP) is 12.5. The zero-order valence-electron chi connectivity index (χ0n) is 34.8. The molecule has 10 aromatic carbocycles. The molecule has 64 heavy (non-hydrogen) atoms. The van der Waals surface area contributed by atoms with Gasteiger partial charge in [-0.3, -0.25) is 0 Å².